The highest BCUT2D eigenvalue weighted by Gasteiger charge is 2.02. The molecule has 0 bridgehead atoms. The zero-order valence-electron chi connectivity index (χ0n) is 8.39. The van der Waals surface area contributed by atoms with Gasteiger partial charge in [-0.1, -0.05) is 54.6 Å². The summed E-state index contributed by atoms with van der Waals surface area (Å²) in [4.78, 5) is 10.6. The molecule has 1 nitrogen and oxygen atoms in total. The molecule has 0 fully saturated rings. The smallest absolute Gasteiger partial charge is 0.124 e. The zero-order valence-corrected chi connectivity index (χ0v) is 8.39. The third kappa shape index (κ3) is 2.13. The number of aldehydes is 1. The molecule has 0 saturated carbocycles. The predicted octanol–water partition coefficient (Wildman–Crippen LogP) is 3.10. The van der Waals surface area contributed by atoms with E-state index in [1.807, 2.05) is 42.5 Å². The van der Waals surface area contributed by atoms with Crippen molar-refractivity contribution in [2.45, 2.75) is 6.42 Å². The second-order valence-electron chi connectivity index (χ2n) is 3.39. The Bertz CT molecular complexity index is 446. The molecule has 0 spiro atoms. The highest BCUT2D eigenvalue weighted by atomic mass is 16.1. The van der Waals surface area contributed by atoms with Gasteiger partial charge < -0.3 is 4.79 Å². The van der Waals surface area contributed by atoms with E-state index in [1.165, 1.54) is 0 Å². The Balaban J connectivity index is 2.48. The normalized spacial score (nSPS) is 9.87. The summed E-state index contributed by atoms with van der Waals surface area (Å²) >= 11 is 0. The first kappa shape index (κ1) is 9.66. The van der Waals surface area contributed by atoms with Crippen molar-refractivity contribution < 1.29 is 4.79 Å². The van der Waals surface area contributed by atoms with Gasteiger partial charge in [0, 0.05) is 6.42 Å². The van der Waals surface area contributed by atoms with E-state index in [4.69, 9.17) is 0 Å². The maximum atomic E-state index is 10.6. The van der Waals surface area contributed by atoms with Crippen LogP contribution in [0.2, 0.25) is 0 Å². The number of hydrogen-bond acceptors (Lipinski definition) is 1. The molecular formula is C14H12O. The van der Waals surface area contributed by atoms with Crippen molar-refractivity contribution in [1.82, 2.24) is 0 Å². The van der Waals surface area contributed by atoms with Crippen LogP contribution < -0.4 is 0 Å². The van der Waals surface area contributed by atoms with Crippen molar-refractivity contribution in [2.75, 3.05) is 0 Å². The Hall–Kier alpha value is -1.89. The fourth-order valence-electron chi connectivity index (χ4n) is 1.69. The van der Waals surface area contributed by atoms with Gasteiger partial charge in [-0.05, 0) is 16.7 Å². The fraction of sp³-hybridized carbons (Fsp3) is 0.0714. The summed E-state index contributed by atoms with van der Waals surface area (Å²) in [5.41, 5.74) is 3.39. The van der Waals surface area contributed by atoms with E-state index in [1.54, 1.807) is 0 Å². The lowest BCUT2D eigenvalue weighted by Crippen LogP contribution is -1.90. The second-order valence-corrected chi connectivity index (χ2v) is 3.39. The molecule has 74 valence electrons. The molecule has 2 rings (SSSR count). The van der Waals surface area contributed by atoms with Crippen LogP contribution in [-0.4, -0.2) is 6.29 Å². The SMILES string of the molecule is O=CCc1ccccc1-c1ccccc1. The van der Waals surface area contributed by atoms with Crippen molar-refractivity contribution >= 4 is 6.29 Å². The molecule has 0 atom stereocenters. The number of hydrogen-bond donors (Lipinski definition) is 0. The Morgan fingerprint density at radius 2 is 1.53 bits per heavy atom. The van der Waals surface area contributed by atoms with Gasteiger partial charge >= 0.3 is 0 Å². The van der Waals surface area contributed by atoms with Crippen molar-refractivity contribution in [3.63, 3.8) is 0 Å². The molecular weight excluding hydrogens is 184 g/mol. The minimum absolute atomic E-state index is 0.477. The molecule has 2 aromatic rings. The van der Waals surface area contributed by atoms with Crippen LogP contribution >= 0.6 is 0 Å². The quantitative estimate of drug-likeness (QED) is 0.689. The molecule has 15 heavy (non-hydrogen) atoms. The van der Waals surface area contributed by atoms with Crippen molar-refractivity contribution in [3.05, 3.63) is 60.2 Å². The zero-order chi connectivity index (χ0) is 10.5. The molecule has 0 N–H and O–H groups in total. The lowest BCUT2D eigenvalue weighted by atomic mass is 9.98. The van der Waals surface area contributed by atoms with Gasteiger partial charge in [-0.3, -0.25) is 0 Å². The Labute approximate surface area is 89.4 Å². The number of benzene rings is 2. The van der Waals surface area contributed by atoms with Crippen LogP contribution in [0, 0.1) is 0 Å². The molecule has 0 heterocycles. The van der Waals surface area contributed by atoms with Crippen molar-refractivity contribution in [3.8, 4) is 11.1 Å². The van der Waals surface area contributed by atoms with Gasteiger partial charge in [-0.2, -0.15) is 0 Å². The summed E-state index contributed by atoms with van der Waals surface area (Å²) < 4.78 is 0. The maximum absolute atomic E-state index is 10.6. The van der Waals surface area contributed by atoms with E-state index in [9.17, 15) is 4.79 Å². The first-order valence-electron chi connectivity index (χ1n) is 4.99. The summed E-state index contributed by atoms with van der Waals surface area (Å²) in [6.07, 6.45) is 1.42. The minimum atomic E-state index is 0.477. The van der Waals surface area contributed by atoms with Gasteiger partial charge in [-0.15, -0.1) is 0 Å². The van der Waals surface area contributed by atoms with E-state index < -0.39 is 0 Å². The van der Waals surface area contributed by atoms with Crippen LogP contribution in [0.3, 0.4) is 0 Å². The van der Waals surface area contributed by atoms with Crippen LogP contribution in [0.15, 0.2) is 54.6 Å². The molecule has 0 aliphatic heterocycles. The van der Waals surface area contributed by atoms with E-state index in [0.29, 0.717) is 6.42 Å². The van der Waals surface area contributed by atoms with Crippen LogP contribution in [0.25, 0.3) is 11.1 Å². The first-order chi connectivity index (χ1) is 7.42. The average Bonchev–Trinajstić information content (AvgIpc) is 2.31. The standard InChI is InChI=1S/C14H12O/c15-11-10-13-8-4-5-9-14(13)12-6-2-1-3-7-12/h1-9,11H,10H2. The summed E-state index contributed by atoms with van der Waals surface area (Å²) in [5, 5.41) is 0. The van der Waals surface area contributed by atoms with Crippen LogP contribution in [-0.2, 0) is 11.2 Å². The van der Waals surface area contributed by atoms with Gasteiger partial charge in [0.1, 0.15) is 6.29 Å². The fourth-order valence-corrected chi connectivity index (χ4v) is 1.69. The second kappa shape index (κ2) is 4.56. The third-order valence-corrected chi connectivity index (χ3v) is 2.41. The van der Waals surface area contributed by atoms with E-state index in [2.05, 4.69) is 12.1 Å². The van der Waals surface area contributed by atoms with Crippen LogP contribution in [0.4, 0.5) is 0 Å². The molecule has 0 radical (unpaired) electrons. The first-order valence-corrected chi connectivity index (χ1v) is 4.99. The topological polar surface area (TPSA) is 17.1 Å². The molecule has 0 aliphatic rings. The summed E-state index contributed by atoms with van der Waals surface area (Å²) in [6, 6.07) is 18.1. The summed E-state index contributed by atoms with van der Waals surface area (Å²) in [5.74, 6) is 0. The third-order valence-electron chi connectivity index (χ3n) is 2.41. The molecule has 2 aromatic carbocycles. The molecule has 0 aliphatic carbocycles. The van der Waals surface area contributed by atoms with E-state index >= 15 is 0 Å². The average molecular weight is 196 g/mol. The lowest BCUT2D eigenvalue weighted by Gasteiger charge is -2.06. The maximum Gasteiger partial charge on any atom is 0.124 e. The molecule has 1 heteroatoms. The summed E-state index contributed by atoms with van der Waals surface area (Å²) in [6.45, 7) is 0. The van der Waals surface area contributed by atoms with Crippen molar-refractivity contribution in [1.29, 1.82) is 0 Å². The minimum Gasteiger partial charge on any atom is -0.303 e. The Morgan fingerprint density at radius 1 is 0.867 bits per heavy atom. The van der Waals surface area contributed by atoms with Gasteiger partial charge in [-0.25, -0.2) is 0 Å². The van der Waals surface area contributed by atoms with Crippen LogP contribution in [0.5, 0.6) is 0 Å². The van der Waals surface area contributed by atoms with Crippen molar-refractivity contribution in [2.24, 2.45) is 0 Å². The van der Waals surface area contributed by atoms with Crippen LogP contribution in [0.1, 0.15) is 5.56 Å². The van der Waals surface area contributed by atoms with Gasteiger partial charge in [0.15, 0.2) is 0 Å². The van der Waals surface area contributed by atoms with E-state index in [0.717, 1.165) is 23.0 Å². The lowest BCUT2D eigenvalue weighted by molar-refractivity contribution is -0.107. The highest BCUT2D eigenvalue weighted by molar-refractivity contribution is 5.71. The predicted molar refractivity (Wildman–Crippen MR) is 61.6 cm³/mol. The molecule has 0 amide bonds. The van der Waals surface area contributed by atoms with Gasteiger partial charge in [0.2, 0.25) is 0 Å². The molecule has 0 saturated heterocycles. The molecule has 0 unspecified atom stereocenters. The summed E-state index contributed by atoms with van der Waals surface area (Å²) in [7, 11) is 0. The largest absolute Gasteiger partial charge is 0.303 e. The molecule has 0 aromatic heterocycles. The van der Waals surface area contributed by atoms with Gasteiger partial charge in [0.05, 0.1) is 0 Å². The number of carbonyl (C=O) groups excluding carboxylic acids is 1. The monoisotopic (exact) mass is 196 g/mol. The highest BCUT2D eigenvalue weighted by Crippen LogP contribution is 2.23. The van der Waals surface area contributed by atoms with E-state index in [-0.39, 0.29) is 0 Å². The number of rotatable bonds is 3. The Kier molecular flexibility index (Phi) is 2.93. The Morgan fingerprint density at radius 3 is 2.27 bits per heavy atom. The number of carbonyl (C=O) groups is 1. The van der Waals surface area contributed by atoms with Gasteiger partial charge in [0.25, 0.3) is 0 Å².